The Kier molecular flexibility index (Phi) is 12.5. The number of amides is 4. The van der Waals surface area contributed by atoms with Gasteiger partial charge in [0.2, 0.25) is 0 Å². The predicted molar refractivity (Wildman–Crippen MR) is 204 cm³/mol. The van der Waals surface area contributed by atoms with Gasteiger partial charge in [0.05, 0.1) is 31.6 Å². The highest BCUT2D eigenvalue weighted by molar-refractivity contribution is 8.00. The first kappa shape index (κ1) is 38.0. The number of thioether (sulfide) groups is 2. The molecule has 2 aliphatic carbocycles. The number of pyridine rings is 2. The van der Waals surface area contributed by atoms with E-state index in [1.807, 2.05) is 0 Å². The molecule has 4 aromatic heterocycles. The monoisotopic (exact) mass is 794 g/mol. The summed E-state index contributed by atoms with van der Waals surface area (Å²) >= 11 is 4.34. The molecule has 4 amide bonds. The van der Waals surface area contributed by atoms with Gasteiger partial charge >= 0.3 is 24.0 Å². The standard InChI is InChI=1S/C34H34N8O7S4/c1-50-29-23(39-33(52-29)41-31(47)37-21-12-14-35-15-20(21)26(44)18-9-5-6-10-18)27(45)49-28(46)24-30(51-2)53-34(40-24)42-32(48)38-22-16-36-13-11-19(22)25(43)17-7-3-4-8-17/h11-18H,3-10H2,1-2H3,(H2,38,40,42,48)(H2,35,37,39,41,47). The van der Waals surface area contributed by atoms with Crippen LogP contribution in [0.1, 0.15) is 93.1 Å². The summed E-state index contributed by atoms with van der Waals surface area (Å²) in [4.78, 5) is 94.9. The SMILES string of the molecule is CSc1sc(NC(=O)Nc2cnccc2C(=O)C2CCCC2)nc1C(=O)OC(=O)c1nc(NC(=O)Nc2ccncc2C(=O)C2CCCC2)sc1SC. The Morgan fingerprint density at radius 3 is 1.64 bits per heavy atom. The third kappa shape index (κ3) is 9.09. The number of ether oxygens (including phenoxy) is 1. The van der Waals surface area contributed by atoms with E-state index in [4.69, 9.17) is 4.74 Å². The van der Waals surface area contributed by atoms with Crippen molar-refractivity contribution in [2.45, 2.75) is 59.8 Å². The maximum Gasteiger partial charge on any atom is 0.367 e. The lowest BCUT2D eigenvalue weighted by atomic mass is 9.96. The number of anilines is 4. The average molecular weight is 795 g/mol. The summed E-state index contributed by atoms with van der Waals surface area (Å²) in [5.74, 6) is -2.44. The molecule has 19 heteroatoms. The Hall–Kier alpha value is -4.72. The molecule has 0 aliphatic heterocycles. The molecule has 0 saturated heterocycles. The molecule has 53 heavy (non-hydrogen) atoms. The van der Waals surface area contributed by atoms with Crippen LogP contribution in [0.25, 0.3) is 0 Å². The number of ketones is 2. The van der Waals surface area contributed by atoms with Crippen LogP contribution in [-0.4, -0.2) is 68.0 Å². The Labute approximate surface area is 320 Å². The van der Waals surface area contributed by atoms with E-state index in [2.05, 4.69) is 41.2 Å². The lowest BCUT2D eigenvalue weighted by molar-refractivity contribution is 0.0385. The van der Waals surface area contributed by atoms with Gasteiger partial charge in [-0.1, -0.05) is 48.4 Å². The molecule has 2 saturated carbocycles. The average Bonchev–Trinajstić information content (AvgIpc) is 3.99. The number of hydrogen-bond donors (Lipinski definition) is 4. The maximum absolute atomic E-state index is 13.2. The van der Waals surface area contributed by atoms with Crippen molar-refractivity contribution in [2.75, 3.05) is 33.8 Å². The third-order valence-electron chi connectivity index (χ3n) is 8.70. The number of hydrogen-bond acceptors (Lipinski definition) is 15. The largest absolute Gasteiger partial charge is 0.383 e. The first-order chi connectivity index (χ1) is 25.6. The van der Waals surface area contributed by atoms with Gasteiger partial charge in [-0.3, -0.25) is 30.2 Å². The van der Waals surface area contributed by atoms with Crippen molar-refractivity contribution in [2.24, 2.45) is 11.8 Å². The van der Waals surface area contributed by atoms with E-state index in [9.17, 15) is 28.8 Å². The number of Topliss-reactive ketones (excluding diaryl/α,β-unsaturated/α-hetero) is 2. The minimum atomic E-state index is -1.06. The molecule has 4 N–H and O–H groups in total. The van der Waals surface area contributed by atoms with Crippen molar-refractivity contribution in [3.8, 4) is 0 Å². The van der Waals surface area contributed by atoms with Gasteiger partial charge in [0.15, 0.2) is 33.2 Å². The Morgan fingerprint density at radius 1 is 0.642 bits per heavy atom. The molecule has 0 spiro atoms. The van der Waals surface area contributed by atoms with Gasteiger partial charge in [0.1, 0.15) is 0 Å². The molecule has 6 rings (SSSR count). The highest BCUT2D eigenvalue weighted by Crippen LogP contribution is 2.35. The molecule has 4 aromatic rings. The van der Waals surface area contributed by atoms with Gasteiger partial charge in [-0.15, -0.1) is 23.5 Å². The maximum atomic E-state index is 13.2. The van der Waals surface area contributed by atoms with E-state index < -0.39 is 24.0 Å². The number of aromatic nitrogens is 4. The number of nitrogens with zero attached hydrogens (tertiary/aromatic N) is 4. The number of esters is 2. The fraction of sp³-hybridized carbons (Fsp3) is 0.353. The summed E-state index contributed by atoms with van der Waals surface area (Å²) in [5, 5.41) is 10.6. The van der Waals surface area contributed by atoms with Gasteiger partial charge in [0.25, 0.3) is 0 Å². The van der Waals surface area contributed by atoms with Gasteiger partial charge in [-0.05, 0) is 50.3 Å². The fourth-order valence-corrected chi connectivity index (χ4v) is 9.31. The lowest BCUT2D eigenvalue weighted by Gasteiger charge is -2.13. The second-order valence-corrected chi connectivity index (χ2v) is 16.2. The van der Waals surface area contributed by atoms with E-state index in [0.717, 1.165) is 74.0 Å². The number of carbonyl (C=O) groups is 6. The topological polar surface area (TPSA) is 211 Å². The van der Waals surface area contributed by atoms with Crippen LogP contribution in [0.4, 0.5) is 31.2 Å². The number of nitrogens with one attached hydrogen (secondary N) is 4. The summed E-state index contributed by atoms with van der Waals surface area (Å²) < 4.78 is 5.91. The first-order valence-electron chi connectivity index (χ1n) is 16.6. The smallest absolute Gasteiger partial charge is 0.367 e. The van der Waals surface area contributed by atoms with Crippen LogP contribution in [0.3, 0.4) is 0 Å². The molecule has 0 atom stereocenters. The zero-order valence-electron chi connectivity index (χ0n) is 28.6. The Bertz CT molecular complexity index is 1910. The fourth-order valence-electron chi connectivity index (χ4n) is 6.16. The van der Waals surface area contributed by atoms with E-state index in [1.54, 1.807) is 18.6 Å². The van der Waals surface area contributed by atoms with Crippen molar-refractivity contribution in [1.82, 2.24) is 19.9 Å². The van der Waals surface area contributed by atoms with E-state index in [-0.39, 0.29) is 50.7 Å². The van der Waals surface area contributed by atoms with Crippen molar-refractivity contribution in [3.05, 3.63) is 59.4 Å². The quantitative estimate of drug-likeness (QED) is 0.0466. The van der Waals surface area contributed by atoms with E-state index in [1.165, 1.54) is 54.4 Å². The molecular formula is C34H34N8O7S4. The van der Waals surface area contributed by atoms with Crippen molar-refractivity contribution >= 4 is 103 Å². The van der Waals surface area contributed by atoms with Crippen LogP contribution in [0.15, 0.2) is 45.3 Å². The third-order valence-corrected chi connectivity index (χ3v) is 12.9. The summed E-state index contributed by atoms with van der Waals surface area (Å²) in [7, 11) is 0. The van der Waals surface area contributed by atoms with Crippen molar-refractivity contribution in [1.29, 1.82) is 0 Å². The molecule has 2 fully saturated rings. The highest BCUT2D eigenvalue weighted by Gasteiger charge is 2.30. The van der Waals surface area contributed by atoms with Crippen LogP contribution in [-0.2, 0) is 4.74 Å². The first-order valence-corrected chi connectivity index (χ1v) is 20.7. The number of rotatable bonds is 12. The number of thiazole rings is 2. The predicted octanol–water partition coefficient (Wildman–Crippen LogP) is 7.86. The van der Waals surface area contributed by atoms with Crippen LogP contribution in [0.2, 0.25) is 0 Å². The zero-order chi connectivity index (χ0) is 37.5. The molecule has 0 bridgehead atoms. The Morgan fingerprint density at radius 2 is 1.11 bits per heavy atom. The molecule has 15 nitrogen and oxygen atoms in total. The lowest BCUT2D eigenvalue weighted by Crippen LogP contribution is -2.22. The summed E-state index contributed by atoms with van der Waals surface area (Å²) in [6, 6.07) is 1.73. The van der Waals surface area contributed by atoms with Crippen LogP contribution >= 0.6 is 46.2 Å². The minimum Gasteiger partial charge on any atom is -0.383 e. The minimum absolute atomic E-state index is 0.0456. The Balaban J connectivity index is 1.08. The van der Waals surface area contributed by atoms with Crippen LogP contribution in [0.5, 0.6) is 0 Å². The van der Waals surface area contributed by atoms with Gasteiger partial charge in [0, 0.05) is 36.0 Å². The van der Waals surface area contributed by atoms with E-state index >= 15 is 0 Å². The van der Waals surface area contributed by atoms with E-state index in [0.29, 0.717) is 25.2 Å². The molecular weight excluding hydrogens is 761 g/mol. The second-order valence-electron chi connectivity index (χ2n) is 12.1. The van der Waals surface area contributed by atoms with Gasteiger partial charge < -0.3 is 15.4 Å². The number of carbonyl (C=O) groups excluding carboxylic acids is 6. The second kappa shape index (κ2) is 17.4. The summed E-state index contributed by atoms with van der Waals surface area (Å²) in [6.07, 6.45) is 16.3. The van der Waals surface area contributed by atoms with Crippen LogP contribution < -0.4 is 21.3 Å². The van der Waals surface area contributed by atoms with Crippen molar-refractivity contribution < 1.29 is 33.5 Å². The molecule has 4 heterocycles. The van der Waals surface area contributed by atoms with Crippen molar-refractivity contribution in [3.63, 3.8) is 0 Å². The molecule has 276 valence electrons. The zero-order valence-corrected chi connectivity index (χ0v) is 31.8. The summed E-state index contributed by atoms with van der Waals surface area (Å²) in [6.45, 7) is 0. The molecule has 2 aliphatic rings. The number of urea groups is 2. The van der Waals surface area contributed by atoms with Gasteiger partial charge in [-0.2, -0.15) is 0 Å². The summed E-state index contributed by atoms with van der Waals surface area (Å²) in [5.41, 5.74) is 0.865. The van der Waals surface area contributed by atoms with Gasteiger partial charge in [-0.25, -0.2) is 29.1 Å². The molecule has 0 radical (unpaired) electrons. The van der Waals surface area contributed by atoms with Crippen LogP contribution in [0, 0.1) is 11.8 Å². The normalized spacial score (nSPS) is 14.5. The molecule has 0 unspecified atom stereocenters. The highest BCUT2D eigenvalue weighted by atomic mass is 32.2. The molecule has 0 aromatic carbocycles.